The molecule has 13 heavy (non-hydrogen) atoms. The van der Waals surface area contributed by atoms with Crippen molar-refractivity contribution in [2.75, 3.05) is 13.6 Å². The third kappa shape index (κ3) is 8.26. The third-order valence-corrected chi connectivity index (χ3v) is 2.43. The summed E-state index contributed by atoms with van der Waals surface area (Å²) in [4.78, 5) is 0. The van der Waals surface area contributed by atoms with Crippen LogP contribution in [0.2, 0.25) is 0 Å². The Kier molecular flexibility index (Phi) is 8.46. The molecule has 0 aliphatic heterocycles. The third-order valence-electron chi connectivity index (χ3n) is 2.43. The normalized spacial score (nSPS) is 13.6. The molecule has 0 aliphatic rings. The summed E-state index contributed by atoms with van der Waals surface area (Å²) in [5.74, 6) is 0. The van der Waals surface area contributed by atoms with E-state index in [0.717, 1.165) is 12.6 Å². The van der Waals surface area contributed by atoms with Crippen molar-refractivity contribution < 1.29 is 0 Å². The smallest absolute Gasteiger partial charge is 0.00614 e. The van der Waals surface area contributed by atoms with E-state index < -0.39 is 0 Å². The van der Waals surface area contributed by atoms with Gasteiger partial charge in [0.25, 0.3) is 0 Å². The van der Waals surface area contributed by atoms with Crippen molar-refractivity contribution in [2.24, 2.45) is 0 Å². The number of nitrogens with one attached hydrogen (secondary N) is 2. The second-order valence-corrected chi connectivity index (χ2v) is 4.00. The predicted molar refractivity (Wildman–Crippen MR) is 60.1 cm³/mol. The van der Waals surface area contributed by atoms with Crippen LogP contribution in [0.3, 0.4) is 0 Å². The monoisotopic (exact) mass is 186 g/mol. The highest BCUT2D eigenvalue weighted by molar-refractivity contribution is 4.62. The molecule has 0 amide bonds. The van der Waals surface area contributed by atoms with E-state index in [9.17, 15) is 0 Å². The molecule has 0 saturated heterocycles. The second kappa shape index (κ2) is 8.52. The topological polar surface area (TPSA) is 24.1 Å². The van der Waals surface area contributed by atoms with Crippen LogP contribution in [-0.4, -0.2) is 25.7 Å². The summed E-state index contributed by atoms with van der Waals surface area (Å²) in [6.45, 7) is 7.80. The van der Waals surface area contributed by atoms with E-state index in [2.05, 4.69) is 38.5 Å². The van der Waals surface area contributed by atoms with Crippen LogP contribution < -0.4 is 10.6 Å². The van der Waals surface area contributed by atoms with E-state index in [-0.39, 0.29) is 0 Å². The average molecular weight is 186 g/mol. The first-order valence-corrected chi connectivity index (χ1v) is 5.61. The first-order valence-electron chi connectivity index (χ1n) is 5.61. The highest BCUT2D eigenvalue weighted by atomic mass is 14.9. The van der Waals surface area contributed by atoms with Crippen molar-refractivity contribution in [1.29, 1.82) is 0 Å². The van der Waals surface area contributed by atoms with Gasteiger partial charge in [0, 0.05) is 12.1 Å². The fourth-order valence-electron chi connectivity index (χ4n) is 1.46. The van der Waals surface area contributed by atoms with E-state index in [1.54, 1.807) is 0 Å². The first-order chi connectivity index (χ1) is 6.20. The van der Waals surface area contributed by atoms with Crippen LogP contribution in [0.5, 0.6) is 0 Å². The lowest BCUT2D eigenvalue weighted by Gasteiger charge is -2.13. The molecule has 2 nitrogen and oxygen atoms in total. The van der Waals surface area contributed by atoms with Gasteiger partial charge in [0.05, 0.1) is 0 Å². The van der Waals surface area contributed by atoms with E-state index >= 15 is 0 Å². The maximum absolute atomic E-state index is 3.43. The van der Waals surface area contributed by atoms with Crippen LogP contribution >= 0.6 is 0 Å². The molecule has 0 rings (SSSR count). The molecule has 0 fully saturated rings. The number of hydrogen-bond acceptors (Lipinski definition) is 2. The van der Waals surface area contributed by atoms with Crippen LogP contribution in [0.25, 0.3) is 0 Å². The second-order valence-electron chi connectivity index (χ2n) is 4.00. The van der Waals surface area contributed by atoms with E-state index in [1.165, 1.54) is 25.7 Å². The molecule has 0 aliphatic carbocycles. The zero-order valence-corrected chi connectivity index (χ0v) is 9.69. The molecule has 2 heteroatoms. The predicted octanol–water partition coefficient (Wildman–Crippen LogP) is 2.15. The molecular formula is C11H26N2. The molecule has 0 aromatic carbocycles. The molecule has 0 bridgehead atoms. The fraction of sp³-hybridized carbons (Fsp3) is 1.00. The van der Waals surface area contributed by atoms with Gasteiger partial charge in [0.2, 0.25) is 0 Å². The van der Waals surface area contributed by atoms with Crippen molar-refractivity contribution >= 4 is 0 Å². The molecule has 0 aromatic rings. The molecule has 1 atom stereocenters. The summed E-state index contributed by atoms with van der Waals surface area (Å²) in [7, 11) is 2.06. The van der Waals surface area contributed by atoms with Crippen LogP contribution in [-0.2, 0) is 0 Å². The van der Waals surface area contributed by atoms with E-state index in [1.807, 2.05) is 0 Å². The van der Waals surface area contributed by atoms with Gasteiger partial charge in [-0.25, -0.2) is 0 Å². The van der Waals surface area contributed by atoms with Crippen LogP contribution in [0.15, 0.2) is 0 Å². The van der Waals surface area contributed by atoms with Gasteiger partial charge in [-0.05, 0) is 32.9 Å². The molecule has 0 spiro atoms. The van der Waals surface area contributed by atoms with Gasteiger partial charge in [-0.3, -0.25) is 0 Å². The van der Waals surface area contributed by atoms with E-state index in [4.69, 9.17) is 0 Å². The Morgan fingerprint density at radius 1 is 1.15 bits per heavy atom. The first kappa shape index (κ1) is 12.9. The largest absolute Gasteiger partial charge is 0.317 e. The Morgan fingerprint density at radius 3 is 2.31 bits per heavy atom. The zero-order valence-electron chi connectivity index (χ0n) is 9.69. The highest BCUT2D eigenvalue weighted by Gasteiger charge is 2.01. The van der Waals surface area contributed by atoms with Crippen molar-refractivity contribution in [1.82, 2.24) is 10.6 Å². The molecule has 0 heterocycles. The Morgan fingerprint density at radius 2 is 1.85 bits per heavy atom. The fourth-order valence-corrected chi connectivity index (χ4v) is 1.46. The molecule has 1 unspecified atom stereocenters. The molecule has 0 saturated carbocycles. The molecule has 0 aromatic heterocycles. The summed E-state index contributed by atoms with van der Waals surface area (Å²) in [6.07, 6.45) is 5.19. The summed E-state index contributed by atoms with van der Waals surface area (Å²) < 4.78 is 0. The Hall–Kier alpha value is -0.0800. The van der Waals surface area contributed by atoms with Gasteiger partial charge in [0.15, 0.2) is 0 Å². The maximum atomic E-state index is 3.43. The van der Waals surface area contributed by atoms with Gasteiger partial charge in [-0.2, -0.15) is 0 Å². The van der Waals surface area contributed by atoms with Gasteiger partial charge in [0.1, 0.15) is 0 Å². The quantitative estimate of drug-likeness (QED) is 0.568. The minimum atomic E-state index is 0.631. The van der Waals surface area contributed by atoms with Crippen molar-refractivity contribution in [3.05, 3.63) is 0 Å². The average Bonchev–Trinajstić information content (AvgIpc) is 2.11. The Bertz CT molecular complexity index is 98.3. The number of hydrogen-bond donors (Lipinski definition) is 2. The lowest BCUT2D eigenvalue weighted by atomic mass is 10.1. The van der Waals surface area contributed by atoms with Crippen LogP contribution in [0.4, 0.5) is 0 Å². The molecular weight excluding hydrogens is 160 g/mol. The van der Waals surface area contributed by atoms with Gasteiger partial charge < -0.3 is 10.6 Å². The zero-order chi connectivity index (χ0) is 10.1. The molecule has 0 radical (unpaired) electrons. The van der Waals surface area contributed by atoms with Gasteiger partial charge >= 0.3 is 0 Å². The summed E-state index contributed by atoms with van der Waals surface area (Å²) in [5, 5.41) is 6.77. The van der Waals surface area contributed by atoms with Gasteiger partial charge in [-0.15, -0.1) is 0 Å². The van der Waals surface area contributed by atoms with Crippen LogP contribution in [0, 0.1) is 0 Å². The van der Waals surface area contributed by atoms with Crippen LogP contribution in [0.1, 0.15) is 46.5 Å². The van der Waals surface area contributed by atoms with Crippen molar-refractivity contribution in [3.8, 4) is 0 Å². The SMILES string of the molecule is CCC(CCCCNC(C)C)NC. The lowest BCUT2D eigenvalue weighted by molar-refractivity contribution is 0.468. The lowest BCUT2D eigenvalue weighted by Crippen LogP contribution is -2.26. The Balaban J connectivity index is 3.14. The van der Waals surface area contributed by atoms with Crippen molar-refractivity contribution in [2.45, 2.75) is 58.5 Å². The Labute approximate surface area is 83.5 Å². The molecule has 2 N–H and O–H groups in total. The van der Waals surface area contributed by atoms with E-state index in [0.29, 0.717) is 6.04 Å². The maximum Gasteiger partial charge on any atom is 0.00614 e. The summed E-state index contributed by atoms with van der Waals surface area (Å²) in [5.41, 5.74) is 0. The summed E-state index contributed by atoms with van der Waals surface area (Å²) in [6, 6.07) is 1.35. The summed E-state index contributed by atoms with van der Waals surface area (Å²) >= 11 is 0. The minimum absolute atomic E-state index is 0.631. The molecule has 80 valence electrons. The minimum Gasteiger partial charge on any atom is -0.317 e. The van der Waals surface area contributed by atoms with Crippen molar-refractivity contribution in [3.63, 3.8) is 0 Å². The number of rotatable bonds is 8. The highest BCUT2D eigenvalue weighted by Crippen LogP contribution is 2.03. The number of unbranched alkanes of at least 4 members (excludes halogenated alkanes) is 1. The standard InChI is InChI=1S/C11H26N2/c1-5-11(12-4)8-6-7-9-13-10(2)3/h10-13H,5-9H2,1-4H3. The van der Waals surface area contributed by atoms with Gasteiger partial charge in [-0.1, -0.05) is 27.2 Å².